The second-order valence-electron chi connectivity index (χ2n) is 5.43. The maximum absolute atomic E-state index is 12.2. The summed E-state index contributed by atoms with van der Waals surface area (Å²) in [5.74, 6) is 0.875. The van der Waals surface area contributed by atoms with Gasteiger partial charge in [-0.05, 0) is 31.0 Å². The number of amides is 1. The number of ether oxygens (including phenoxy) is 2. The molecule has 2 rings (SSSR count). The van der Waals surface area contributed by atoms with Crippen LogP contribution in [-0.4, -0.2) is 43.7 Å². The summed E-state index contributed by atoms with van der Waals surface area (Å²) in [6.07, 6.45) is 2.00. The van der Waals surface area contributed by atoms with Gasteiger partial charge in [-0.3, -0.25) is 4.79 Å². The molecule has 1 saturated heterocycles. The zero-order chi connectivity index (χ0) is 15.9. The van der Waals surface area contributed by atoms with Crippen molar-refractivity contribution < 1.29 is 14.3 Å². The first kappa shape index (κ1) is 17.4. The van der Waals surface area contributed by atoms with Crippen LogP contribution in [0.5, 0.6) is 5.75 Å². The van der Waals surface area contributed by atoms with Crippen molar-refractivity contribution in [3.63, 3.8) is 0 Å². The molecule has 22 heavy (non-hydrogen) atoms. The molecule has 122 valence electrons. The van der Waals surface area contributed by atoms with Crippen molar-refractivity contribution in [2.45, 2.75) is 19.8 Å². The Morgan fingerprint density at radius 1 is 1.41 bits per heavy atom. The smallest absolute Gasteiger partial charge is 0.260 e. The quantitative estimate of drug-likeness (QED) is 0.708. The van der Waals surface area contributed by atoms with Crippen LogP contribution >= 0.6 is 23.2 Å². The molecule has 1 amide bonds. The van der Waals surface area contributed by atoms with Gasteiger partial charge in [-0.15, -0.1) is 0 Å². The first-order chi connectivity index (χ1) is 10.6. The van der Waals surface area contributed by atoms with E-state index in [0.29, 0.717) is 21.7 Å². The molecule has 0 aliphatic carbocycles. The van der Waals surface area contributed by atoms with Crippen LogP contribution in [0.1, 0.15) is 19.8 Å². The van der Waals surface area contributed by atoms with E-state index in [1.807, 2.05) is 4.90 Å². The van der Waals surface area contributed by atoms with Crippen LogP contribution in [0.15, 0.2) is 18.2 Å². The number of benzene rings is 1. The van der Waals surface area contributed by atoms with Gasteiger partial charge < -0.3 is 14.4 Å². The third kappa shape index (κ3) is 5.04. The molecule has 0 spiro atoms. The van der Waals surface area contributed by atoms with Crippen molar-refractivity contribution in [3.8, 4) is 5.75 Å². The predicted molar refractivity (Wildman–Crippen MR) is 87.8 cm³/mol. The van der Waals surface area contributed by atoms with Gasteiger partial charge >= 0.3 is 0 Å². The fourth-order valence-electron chi connectivity index (χ4n) is 2.41. The molecule has 6 heteroatoms. The number of nitrogens with zero attached hydrogens (tertiary/aromatic N) is 1. The van der Waals surface area contributed by atoms with E-state index in [9.17, 15) is 4.79 Å². The zero-order valence-electron chi connectivity index (χ0n) is 12.7. The molecular weight excluding hydrogens is 325 g/mol. The van der Waals surface area contributed by atoms with Crippen LogP contribution < -0.4 is 4.74 Å². The van der Waals surface area contributed by atoms with E-state index in [2.05, 4.69) is 6.92 Å². The second-order valence-corrected chi connectivity index (χ2v) is 6.28. The van der Waals surface area contributed by atoms with Crippen molar-refractivity contribution in [1.29, 1.82) is 0 Å². The van der Waals surface area contributed by atoms with Gasteiger partial charge in [0, 0.05) is 30.6 Å². The maximum Gasteiger partial charge on any atom is 0.260 e. The number of rotatable bonds is 7. The molecule has 0 N–H and O–H groups in total. The average Bonchev–Trinajstić information content (AvgIpc) is 2.95. The van der Waals surface area contributed by atoms with E-state index in [1.54, 1.807) is 18.2 Å². The Kier molecular flexibility index (Phi) is 6.80. The summed E-state index contributed by atoms with van der Waals surface area (Å²) in [5, 5.41) is 0.950. The second kappa shape index (κ2) is 8.61. The first-order valence-corrected chi connectivity index (χ1v) is 8.29. The van der Waals surface area contributed by atoms with Gasteiger partial charge in [0.05, 0.1) is 11.6 Å². The molecule has 1 atom stereocenters. The molecular formula is C16H21Cl2NO3. The molecule has 1 aliphatic heterocycles. The third-order valence-electron chi connectivity index (χ3n) is 3.59. The summed E-state index contributed by atoms with van der Waals surface area (Å²) in [6.45, 7) is 5.08. The van der Waals surface area contributed by atoms with Crippen molar-refractivity contribution in [1.82, 2.24) is 4.90 Å². The van der Waals surface area contributed by atoms with Gasteiger partial charge in [-0.2, -0.15) is 0 Å². The zero-order valence-corrected chi connectivity index (χ0v) is 14.2. The number of likely N-dealkylation sites (tertiary alicyclic amines) is 1. The predicted octanol–water partition coefficient (Wildman–Crippen LogP) is 3.65. The summed E-state index contributed by atoms with van der Waals surface area (Å²) < 4.78 is 11.0. The number of hydrogen-bond donors (Lipinski definition) is 0. The van der Waals surface area contributed by atoms with E-state index in [0.717, 1.165) is 39.1 Å². The Labute approximate surface area is 141 Å². The largest absolute Gasteiger partial charge is 0.482 e. The van der Waals surface area contributed by atoms with Crippen molar-refractivity contribution in [3.05, 3.63) is 28.2 Å². The Bertz CT molecular complexity index is 510. The van der Waals surface area contributed by atoms with Crippen LogP contribution in [0, 0.1) is 5.92 Å². The molecule has 1 aromatic carbocycles. The van der Waals surface area contributed by atoms with Gasteiger partial charge in [0.15, 0.2) is 6.61 Å². The normalized spacial score (nSPS) is 17.8. The molecule has 4 nitrogen and oxygen atoms in total. The minimum absolute atomic E-state index is 0.0100. The van der Waals surface area contributed by atoms with E-state index in [1.165, 1.54) is 0 Å². The van der Waals surface area contributed by atoms with Crippen molar-refractivity contribution in [2.75, 3.05) is 32.9 Å². The number of carbonyl (C=O) groups excluding carboxylic acids is 1. The molecule has 0 saturated carbocycles. The van der Waals surface area contributed by atoms with Gasteiger partial charge in [-0.1, -0.05) is 30.1 Å². The number of hydrogen-bond acceptors (Lipinski definition) is 3. The molecule has 0 radical (unpaired) electrons. The molecule has 0 unspecified atom stereocenters. The Morgan fingerprint density at radius 3 is 2.95 bits per heavy atom. The standard InChI is InChI=1S/C16H21Cl2NO3/c1-2-7-21-10-12-5-6-19(9-12)16(20)11-22-15-4-3-13(17)8-14(15)18/h3-4,8,12H,2,5-7,9-11H2,1H3/t12-/m1/s1. The molecule has 1 aromatic rings. The lowest BCUT2D eigenvalue weighted by Crippen LogP contribution is -2.33. The van der Waals surface area contributed by atoms with Crippen molar-refractivity contribution >= 4 is 29.1 Å². The highest BCUT2D eigenvalue weighted by molar-refractivity contribution is 6.35. The maximum atomic E-state index is 12.2. The van der Waals surface area contributed by atoms with Crippen molar-refractivity contribution in [2.24, 2.45) is 5.92 Å². The third-order valence-corrected chi connectivity index (χ3v) is 4.12. The number of carbonyl (C=O) groups is 1. The Hall–Kier alpha value is -0.970. The lowest BCUT2D eigenvalue weighted by atomic mass is 10.1. The fourth-order valence-corrected chi connectivity index (χ4v) is 2.88. The Morgan fingerprint density at radius 2 is 2.23 bits per heavy atom. The van der Waals surface area contributed by atoms with Crippen LogP contribution in [0.4, 0.5) is 0 Å². The van der Waals surface area contributed by atoms with E-state index >= 15 is 0 Å². The lowest BCUT2D eigenvalue weighted by Gasteiger charge is -2.17. The molecule has 0 aromatic heterocycles. The minimum atomic E-state index is -0.0241. The first-order valence-electron chi connectivity index (χ1n) is 7.53. The van der Waals surface area contributed by atoms with Gasteiger partial charge in [-0.25, -0.2) is 0 Å². The van der Waals surface area contributed by atoms with E-state index in [-0.39, 0.29) is 12.5 Å². The van der Waals surface area contributed by atoms with Crippen LogP contribution in [0.2, 0.25) is 10.0 Å². The topological polar surface area (TPSA) is 38.8 Å². The highest BCUT2D eigenvalue weighted by Gasteiger charge is 2.26. The summed E-state index contributed by atoms with van der Waals surface area (Å²) in [5.41, 5.74) is 0. The van der Waals surface area contributed by atoms with E-state index < -0.39 is 0 Å². The van der Waals surface area contributed by atoms with Gasteiger partial charge in [0.1, 0.15) is 5.75 Å². The molecule has 1 heterocycles. The van der Waals surface area contributed by atoms with Crippen LogP contribution in [-0.2, 0) is 9.53 Å². The highest BCUT2D eigenvalue weighted by atomic mass is 35.5. The SMILES string of the molecule is CCCOC[C@@H]1CCN(C(=O)COc2ccc(Cl)cc2Cl)C1. The van der Waals surface area contributed by atoms with Gasteiger partial charge in [0.2, 0.25) is 0 Å². The summed E-state index contributed by atoms with van der Waals surface area (Å²) in [6, 6.07) is 4.95. The highest BCUT2D eigenvalue weighted by Crippen LogP contribution is 2.27. The van der Waals surface area contributed by atoms with E-state index in [4.69, 9.17) is 32.7 Å². The lowest BCUT2D eigenvalue weighted by molar-refractivity contribution is -0.132. The molecule has 0 bridgehead atoms. The minimum Gasteiger partial charge on any atom is -0.482 e. The molecule has 1 aliphatic rings. The summed E-state index contributed by atoms with van der Waals surface area (Å²) >= 11 is 11.8. The summed E-state index contributed by atoms with van der Waals surface area (Å²) in [7, 11) is 0. The fraction of sp³-hybridized carbons (Fsp3) is 0.562. The Balaban J connectivity index is 1.76. The average molecular weight is 346 g/mol. The van der Waals surface area contributed by atoms with Crippen LogP contribution in [0.3, 0.4) is 0 Å². The summed E-state index contributed by atoms with van der Waals surface area (Å²) in [4.78, 5) is 14.0. The van der Waals surface area contributed by atoms with Crippen LogP contribution in [0.25, 0.3) is 0 Å². The molecule has 1 fully saturated rings. The monoisotopic (exact) mass is 345 g/mol. The van der Waals surface area contributed by atoms with Gasteiger partial charge in [0.25, 0.3) is 5.91 Å². The number of halogens is 2.